The molecule has 0 fully saturated rings. The maximum absolute atomic E-state index is 11.0. The van der Waals surface area contributed by atoms with E-state index in [1.54, 1.807) is 24.3 Å². The van der Waals surface area contributed by atoms with Gasteiger partial charge in [-0.25, -0.2) is 4.79 Å². The van der Waals surface area contributed by atoms with Crippen LogP contribution in [0.5, 0.6) is 17.2 Å². The number of rotatable bonds is 5. The second-order valence-electron chi connectivity index (χ2n) is 4.80. The van der Waals surface area contributed by atoms with E-state index in [9.17, 15) is 4.79 Å². The Kier molecular flexibility index (Phi) is 3.94. The summed E-state index contributed by atoms with van der Waals surface area (Å²) in [7, 11) is 0. The number of para-hydroxylation sites is 1. The van der Waals surface area contributed by atoms with Crippen LogP contribution in [0.2, 0.25) is 0 Å². The Morgan fingerprint density at radius 3 is 1.95 bits per heavy atom. The molecule has 0 bridgehead atoms. The Morgan fingerprint density at radius 2 is 1.40 bits per heavy atom. The molecule has 104 valence electrons. The zero-order valence-corrected chi connectivity index (χ0v) is 11.4. The van der Waals surface area contributed by atoms with Crippen molar-refractivity contribution in [2.24, 2.45) is 0 Å². The molecule has 0 saturated heterocycles. The number of carboxylic acids is 1. The second kappa shape index (κ2) is 5.65. The van der Waals surface area contributed by atoms with Gasteiger partial charge >= 0.3 is 5.97 Å². The quantitative estimate of drug-likeness (QED) is 0.901. The lowest BCUT2D eigenvalue weighted by atomic mass is 10.1. The molecular weight excluding hydrogens is 256 g/mol. The summed E-state index contributed by atoms with van der Waals surface area (Å²) in [6.07, 6.45) is 0. The normalized spacial score (nSPS) is 10.9. The van der Waals surface area contributed by atoms with Crippen molar-refractivity contribution in [1.29, 1.82) is 0 Å². The molecule has 2 aromatic rings. The summed E-state index contributed by atoms with van der Waals surface area (Å²) in [5, 5.41) is 9.00. The molecule has 0 aliphatic heterocycles. The maximum Gasteiger partial charge on any atom is 0.347 e. The van der Waals surface area contributed by atoms with Crippen LogP contribution in [0.3, 0.4) is 0 Å². The van der Waals surface area contributed by atoms with Crippen LogP contribution in [0.1, 0.15) is 13.8 Å². The Hall–Kier alpha value is -2.49. The van der Waals surface area contributed by atoms with E-state index in [-0.39, 0.29) is 0 Å². The third-order valence-electron chi connectivity index (χ3n) is 2.69. The third kappa shape index (κ3) is 3.51. The SMILES string of the molecule is CC(C)(Oc1ccc(Oc2ccccc2)cc1)C(=O)O. The summed E-state index contributed by atoms with van der Waals surface area (Å²) in [6, 6.07) is 16.3. The Balaban J connectivity index is 2.05. The number of hydrogen-bond acceptors (Lipinski definition) is 3. The number of aliphatic carboxylic acids is 1. The highest BCUT2D eigenvalue weighted by molar-refractivity contribution is 5.76. The van der Waals surface area contributed by atoms with Crippen LogP contribution in [0, 0.1) is 0 Å². The highest BCUT2D eigenvalue weighted by Gasteiger charge is 2.29. The van der Waals surface area contributed by atoms with Crippen molar-refractivity contribution in [3.63, 3.8) is 0 Å². The fourth-order valence-electron chi connectivity index (χ4n) is 1.54. The van der Waals surface area contributed by atoms with Gasteiger partial charge in [-0.3, -0.25) is 0 Å². The van der Waals surface area contributed by atoms with Crippen LogP contribution in [0.4, 0.5) is 0 Å². The Morgan fingerprint density at radius 1 is 0.900 bits per heavy atom. The molecular formula is C16H16O4. The molecule has 0 atom stereocenters. The van der Waals surface area contributed by atoms with Gasteiger partial charge in [0.25, 0.3) is 0 Å². The fraction of sp³-hybridized carbons (Fsp3) is 0.188. The molecule has 0 aliphatic rings. The lowest BCUT2D eigenvalue weighted by Gasteiger charge is -2.21. The topological polar surface area (TPSA) is 55.8 Å². The molecule has 0 aromatic heterocycles. The minimum atomic E-state index is -1.26. The van der Waals surface area contributed by atoms with E-state index < -0.39 is 11.6 Å². The molecule has 2 aromatic carbocycles. The maximum atomic E-state index is 11.0. The van der Waals surface area contributed by atoms with E-state index in [1.165, 1.54) is 13.8 Å². The van der Waals surface area contributed by atoms with Crippen molar-refractivity contribution in [3.8, 4) is 17.2 Å². The summed E-state index contributed by atoms with van der Waals surface area (Å²) in [6.45, 7) is 3.01. The highest BCUT2D eigenvalue weighted by atomic mass is 16.5. The number of ether oxygens (including phenoxy) is 2. The van der Waals surface area contributed by atoms with Crippen molar-refractivity contribution in [3.05, 3.63) is 54.6 Å². The van der Waals surface area contributed by atoms with Crippen LogP contribution >= 0.6 is 0 Å². The average molecular weight is 272 g/mol. The van der Waals surface area contributed by atoms with Gasteiger partial charge in [-0.05, 0) is 50.2 Å². The van der Waals surface area contributed by atoms with Gasteiger partial charge in [-0.2, -0.15) is 0 Å². The average Bonchev–Trinajstić information content (AvgIpc) is 2.42. The van der Waals surface area contributed by atoms with Gasteiger partial charge < -0.3 is 14.6 Å². The first-order chi connectivity index (χ1) is 9.47. The Labute approximate surface area is 117 Å². The van der Waals surface area contributed by atoms with Crippen molar-refractivity contribution < 1.29 is 19.4 Å². The van der Waals surface area contributed by atoms with Gasteiger partial charge in [-0.15, -0.1) is 0 Å². The van der Waals surface area contributed by atoms with E-state index in [0.717, 1.165) is 5.75 Å². The molecule has 0 amide bonds. The van der Waals surface area contributed by atoms with Crippen molar-refractivity contribution >= 4 is 5.97 Å². The first kappa shape index (κ1) is 13.9. The van der Waals surface area contributed by atoms with Crippen LogP contribution in [0.25, 0.3) is 0 Å². The van der Waals surface area contributed by atoms with E-state index in [0.29, 0.717) is 11.5 Å². The minimum absolute atomic E-state index is 0.484. The van der Waals surface area contributed by atoms with Crippen LogP contribution < -0.4 is 9.47 Å². The molecule has 20 heavy (non-hydrogen) atoms. The van der Waals surface area contributed by atoms with Crippen LogP contribution in [-0.4, -0.2) is 16.7 Å². The predicted molar refractivity (Wildman–Crippen MR) is 75.3 cm³/mol. The minimum Gasteiger partial charge on any atom is -0.478 e. The van der Waals surface area contributed by atoms with Gasteiger partial charge in [0.15, 0.2) is 5.60 Å². The molecule has 0 radical (unpaired) electrons. The van der Waals surface area contributed by atoms with E-state index in [1.807, 2.05) is 30.3 Å². The summed E-state index contributed by atoms with van der Waals surface area (Å²) in [5.74, 6) is 0.878. The summed E-state index contributed by atoms with van der Waals surface area (Å²) < 4.78 is 11.1. The number of benzene rings is 2. The molecule has 0 unspecified atom stereocenters. The fourth-order valence-corrected chi connectivity index (χ4v) is 1.54. The van der Waals surface area contributed by atoms with Crippen molar-refractivity contribution in [1.82, 2.24) is 0 Å². The molecule has 0 heterocycles. The first-order valence-corrected chi connectivity index (χ1v) is 6.23. The van der Waals surface area contributed by atoms with Crippen LogP contribution in [0.15, 0.2) is 54.6 Å². The molecule has 4 nitrogen and oxygen atoms in total. The molecule has 0 aliphatic carbocycles. The molecule has 0 spiro atoms. The van der Waals surface area contributed by atoms with Crippen molar-refractivity contribution in [2.45, 2.75) is 19.4 Å². The highest BCUT2D eigenvalue weighted by Crippen LogP contribution is 2.25. The second-order valence-corrected chi connectivity index (χ2v) is 4.80. The molecule has 2 rings (SSSR count). The summed E-state index contributed by atoms with van der Waals surface area (Å²) >= 11 is 0. The molecule has 4 heteroatoms. The lowest BCUT2D eigenvalue weighted by Crippen LogP contribution is -2.37. The first-order valence-electron chi connectivity index (χ1n) is 6.23. The molecule has 1 N–H and O–H groups in total. The number of carbonyl (C=O) groups is 1. The third-order valence-corrected chi connectivity index (χ3v) is 2.69. The van der Waals surface area contributed by atoms with Gasteiger partial charge in [-0.1, -0.05) is 18.2 Å². The number of hydrogen-bond donors (Lipinski definition) is 1. The Bertz CT molecular complexity index is 573. The van der Waals surface area contributed by atoms with Gasteiger partial charge in [0.1, 0.15) is 17.2 Å². The number of carboxylic acid groups (broad SMARTS) is 1. The smallest absolute Gasteiger partial charge is 0.347 e. The predicted octanol–water partition coefficient (Wildman–Crippen LogP) is 3.72. The summed E-state index contributed by atoms with van der Waals surface area (Å²) in [4.78, 5) is 11.0. The van der Waals surface area contributed by atoms with E-state index in [4.69, 9.17) is 14.6 Å². The van der Waals surface area contributed by atoms with Crippen molar-refractivity contribution in [2.75, 3.05) is 0 Å². The monoisotopic (exact) mass is 272 g/mol. The summed E-state index contributed by atoms with van der Waals surface area (Å²) in [5.41, 5.74) is -1.26. The zero-order chi connectivity index (χ0) is 14.6. The van der Waals surface area contributed by atoms with Gasteiger partial charge in [0.2, 0.25) is 0 Å². The van der Waals surface area contributed by atoms with Crippen LogP contribution in [-0.2, 0) is 4.79 Å². The standard InChI is InChI=1S/C16H16O4/c1-16(2,15(17)18)20-14-10-8-13(9-11-14)19-12-6-4-3-5-7-12/h3-11H,1-2H3,(H,17,18). The van der Waals surface area contributed by atoms with Gasteiger partial charge in [0.05, 0.1) is 0 Å². The van der Waals surface area contributed by atoms with E-state index in [2.05, 4.69) is 0 Å². The largest absolute Gasteiger partial charge is 0.478 e. The van der Waals surface area contributed by atoms with Gasteiger partial charge in [0, 0.05) is 0 Å². The zero-order valence-electron chi connectivity index (χ0n) is 11.4. The van der Waals surface area contributed by atoms with E-state index >= 15 is 0 Å². The molecule has 0 saturated carbocycles. The lowest BCUT2D eigenvalue weighted by molar-refractivity contribution is -0.152.